The first-order valence-electron chi connectivity index (χ1n) is 3.76. The van der Waals surface area contributed by atoms with Crippen molar-refractivity contribution in [2.24, 2.45) is 5.92 Å². The molecule has 0 spiro atoms. The van der Waals surface area contributed by atoms with Crippen LogP contribution in [-0.4, -0.2) is 14.7 Å². The van der Waals surface area contributed by atoms with Crippen LogP contribution in [0.3, 0.4) is 0 Å². The fourth-order valence-electron chi connectivity index (χ4n) is 1.08. The van der Waals surface area contributed by atoms with E-state index in [1.54, 1.807) is 6.33 Å². The summed E-state index contributed by atoms with van der Waals surface area (Å²) in [6, 6.07) is 0. The molecule has 1 atom stereocenters. The zero-order valence-corrected chi connectivity index (χ0v) is 7.61. The fourth-order valence-corrected chi connectivity index (χ4v) is 2.13. The Bertz CT molecular complexity index is 220. The molecule has 2 rings (SSSR count). The smallest absolute Gasteiger partial charge is 0.129 e. The van der Waals surface area contributed by atoms with Crippen molar-refractivity contribution in [3.8, 4) is 0 Å². The van der Waals surface area contributed by atoms with Gasteiger partial charge in [0.1, 0.15) is 11.3 Å². The van der Waals surface area contributed by atoms with E-state index in [9.17, 15) is 0 Å². The highest BCUT2D eigenvalue weighted by Gasteiger charge is 2.30. The standard InChI is InChI=1S/C7H9ClN2S/c8-6(5-1-2-5)3-7-9-4-10-11-7/h4-6H,1-3H2. The summed E-state index contributed by atoms with van der Waals surface area (Å²) in [7, 11) is 0. The molecule has 0 aliphatic heterocycles. The van der Waals surface area contributed by atoms with Crippen LogP contribution in [0, 0.1) is 5.92 Å². The van der Waals surface area contributed by atoms with Crippen LogP contribution < -0.4 is 0 Å². The maximum atomic E-state index is 6.11. The van der Waals surface area contributed by atoms with Gasteiger partial charge in [0.25, 0.3) is 0 Å². The summed E-state index contributed by atoms with van der Waals surface area (Å²) >= 11 is 7.56. The van der Waals surface area contributed by atoms with Crippen molar-refractivity contribution < 1.29 is 0 Å². The van der Waals surface area contributed by atoms with E-state index in [0.29, 0.717) is 5.38 Å². The first-order valence-corrected chi connectivity index (χ1v) is 4.97. The Morgan fingerprint density at radius 1 is 1.73 bits per heavy atom. The van der Waals surface area contributed by atoms with Gasteiger partial charge in [0.05, 0.1) is 0 Å². The number of nitrogens with zero attached hydrogens (tertiary/aromatic N) is 2. The highest BCUT2D eigenvalue weighted by atomic mass is 35.5. The normalized spacial score (nSPS) is 20.1. The SMILES string of the molecule is ClC(Cc1ncns1)C1CC1. The van der Waals surface area contributed by atoms with E-state index in [2.05, 4.69) is 9.36 Å². The van der Waals surface area contributed by atoms with Crippen LogP contribution in [-0.2, 0) is 6.42 Å². The fraction of sp³-hybridized carbons (Fsp3) is 0.714. The Balaban J connectivity index is 1.89. The molecule has 1 aliphatic carbocycles. The molecule has 11 heavy (non-hydrogen) atoms. The molecule has 4 heteroatoms. The van der Waals surface area contributed by atoms with Gasteiger partial charge in [-0.3, -0.25) is 0 Å². The summed E-state index contributed by atoms with van der Waals surface area (Å²) < 4.78 is 3.93. The second-order valence-electron chi connectivity index (χ2n) is 2.89. The van der Waals surface area contributed by atoms with E-state index in [0.717, 1.165) is 17.3 Å². The van der Waals surface area contributed by atoms with Crippen molar-refractivity contribution >= 4 is 23.1 Å². The first-order chi connectivity index (χ1) is 5.36. The van der Waals surface area contributed by atoms with Crippen LogP contribution in [0.5, 0.6) is 0 Å². The van der Waals surface area contributed by atoms with Crippen molar-refractivity contribution in [2.75, 3.05) is 0 Å². The molecule has 1 aromatic heterocycles. The van der Waals surface area contributed by atoms with Gasteiger partial charge in [0, 0.05) is 11.8 Å². The van der Waals surface area contributed by atoms with Gasteiger partial charge in [-0.2, -0.15) is 4.37 Å². The van der Waals surface area contributed by atoms with Gasteiger partial charge in [-0.1, -0.05) is 0 Å². The van der Waals surface area contributed by atoms with E-state index in [1.165, 1.54) is 24.4 Å². The molecule has 1 fully saturated rings. The lowest BCUT2D eigenvalue weighted by Crippen LogP contribution is -2.04. The lowest BCUT2D eigenvalue weighted by molar-refractivity contribution is 0.734. The topological polar surface area (TPSA) is 25.8 Å². The summed E-state index contributed by atoms with van der Waals surface area (Å²) in [5.41, 5.74) is 0. The van der Waals surface area contributed by atoms with E-state index >= 15 is 0 Å². The molecule has 2 nitrogen and oxygen atoms in total. The number of hydrogen-bond acceptors (Lipinski definition) is 3. The van der Waals surface area contributed by atoms with Crippen LogP contribution in [0.15, 0.2) is 6.33 Å². The molecule has 0 aromatic carbocycles. The molecule has 1 saturated carbocycles. The minimum atomic E-state index is 0.294. The Kier molecular flexibility index (Phi) is 2.09. The quantitative estimate of drug-likeness (QED) is 0.679. The monoisotopic (exact) mass is 188 g/mol. The van der Waals surface area contributed by atoms with Gasteiger partial charge < -0.3 is 0 Å². The van der Waals surface area contributed by atoms with Gasteiger partial charge in [0.2, 0.25) is 0 Å². The largest absolute Gasteiger partial charge is 0.228 e. The molecule has 0 N–H and O–H groups in total. The second kappa shape index (κ2) is 3.07. The summed E-state index contributed by atoms with van der Waals surface area (Å²) in [6.45, 7) is 0. The van der Waals surface area contributed by atoms with Gasteiger partial charge in [0.15, 0.2) is 0 Å². The average molecular weight is 189 g/mol. The van der Waals surface area contributed by atoms with Crippen molar-refractivity contribution in [1.82, 2.24) is 9.36 Å². The van der Waals surface area contributed by atoms with Crippen molar-refractivity contribution in [2.45, 2.75) is 24.6 Å². The van der Waals surface area contributed by atoms with Crippen LogP contribution in [0.2, 0.25) is 0 Å². The maximum absolute atomic E-state index is 6.11. The van der Waals surface area contributed by atoms with Crippen molar-refractivity contribution in [1.29, 1.82) is 0 Å². The van der Waals surface area contributed by atoms with E-state index in [4.69, 9.17) is 11.6 Å². The molecule has 1 aliphatic rings. The molecule has 60 valence electrons. The van der Waals surface area contributed by atoms with Crippen molar-refractivity contribution in [3.05, 3.63) is 11.3 Å². The number of alkyl halides is 1. The highest BCUT2D eigenvalue weighted by molar-refractivity contribution is 7.05. The van der Waals surface area contributed by atoms with E-state index in [1.807, 2.05) is 0 Å². The summed E-state index contributed by atoms with van der Waals surface area (Å²) in [6.07, 6.45) is 5.09. The number of aromatic nitrogens is 2. The van der Waals surface area contributed by atoms with Gasteiger partial charge >= 0.3 is 0 Å². The molecule has 1 heterocycles. The molecule has 0 radical (unpaired) electrons. The van der Waals surface area contributed by atoms with Crippen LogP contribution in [0.4, 0.5) is 0 Å². The maximum Gasteiger partial charge on any atom is 0.129 e. The van der Waals surface area contributed by atoms with Crippen LogP contribution in [0.25, 0.3) is 0 Å². The lowest BCUT2D eigenvalue weighted by Gasteiger charge is -2.02. The Hall–Kier alpha value is -0.150. The summed E-state index contributed by atoms with van der Waals surface area (Å²) in [5, 5.41) is 1.36. The van der Waals surface area contributed by atoms with Gasteiger partial charge in [-0.15, -0.1) is 11.6 Å². The number of hydrogen-bond donors (Lipinski definition) is 0. The average Bonchev–Trinajstić information content (AvgIpc) is 2.73. The number of halogens is 1. The minimum absolute atomic E-state index is 0.294. The highest BCUT2D eigenvalue weighted by Crippen LogP contribution is 2.37. The zero-order valence-electron chi connectivity index (χ0n) is 6.03. The molecule has 1 aromatic rings. The van der Waals surface area contributed by atoms with Gasteiger partial charge in [-0.05, 0) is 30.3 Å². The Morgan fingerprint density at radius 3 is 3.09 bits per heavy atom. The Labute approximate surface area is 74.8 Å². The third-order valence-electron chi connectivity index (χ3n) is 1.91. The van der Waals surface area contributed by atoms with Crippen molar-refractivity contribution in [3.63, 3.8) is 0 Å². The molecular formula is C7H9ClN2S. The van der Waals surface area contributed by atoms with Crippen LogP contribution in [0.1, 0.15) is 17.8 Å². The second-order valence-corrected chi connectivity index (χ2v) is 4.32. The molecule has 0 amide bonds. The summed E-state index contributed by atoms with van der Waals surface area (Å²) in [4.78, 5) is 4.09. The van der Waals surface area contributed by atoms with Gasteiger partial charge in [-0.25, -0.2) is 4.98 Å². The lowest BCUT2D eigenvalue weighted by atomic mass is 10.2. The molecule has 0 saturated heterocycles. The molecule has 1 unspecified atom stereocenters. The predicted molar refractivity (Wildman–Crippen MR) is 46.0 cm³/mol. The number of rotatable bonds is 3. The molecule has 0 bridgehead atoms. The third-order valence-corrected chi connectivity index (χ3v) is 3.10. The zero-order chi connectivity index (χ0) is 7.68. The minimum Gasteiger partial charge on any atom is -0.228 e. The van der Waals surface area contributed by atoms with Crippen LogP contribution >= 0.6 is 23.1 Å². The van der Waals surface area contributed by atoms with E-state index < -0.39 is 0 Å². The summed E-state index contributed by atoms with van der Waals surface area (Å²) in [5.74, 6) is 0.751. The van der Waals surface area contributed by atoms with E-state index in [-0.39, 0.29) is 0 Å². The molecular weight excluding hydrogens is 180 g/mol. The first kappa shape index (κ1) is 7.50. The Morgan fingerprint density at radius 2 is 2.55 bits per heavy atom. The third kappa shape index (κ3) is 1.91. The predicted octanol–water partition coefficient (Wildman–Crippen LogP) is 2.10.